The zero-order chi connectivity index (χ0) is 17.5. The number of hydrogen-bond donors (Lipinski definition) is 2. The number of anilines is 1. The van der Waals surface area contributed by atoms with Gasteiger partial charge in [-0.15, -0.1) is 0 Å². The van der Waals surface area contributed by atoms with E-state index in [9.17, 15) is 0 Å². The highest BCUT2D eigenvalue weighted by atomic mass is 32.1. The minimum absolute atomic E-state index is 0.0569. The third-order valence-corrected chi connectivity index (χ3v) is 3.92. The summed E-state index contributed by atoms with van der Waals surface area (Å²) in [4.78, 5) is 0. The van der Waals surface area contributed by atoms with E-state index in [1.165, 1.54) is 11.1 Å². The number of ether oxygens (including phenoxy) is 2. The maximum atomic E-state index is 5.80. The molecule has 2 N–H and O–H groups in total. The predicted molar refractivity (Wildman–Crippen MR) is 103 cm³/mol. The molecule has 0 amide bonds. The van der Waals surface area contributed by atoms with Crippen molar-refractivity contribution in [3.05, 3.63) is 53.6 Å². The minimum atomic E-state index is 0.0569. The summed E-state index contributed by atoms with van der Waals surface area (Å²) in [5.41, 5.74) is 3.47. The maximum Gasteiger partial charge on any atom is 0.171 e. The van der Waals surface area contributed by atoms with Gasteiger partial charge in [0.2, 0.25) is 0 Å². The van der Waals surface area contributed by atoms with E-state index in [2.05, 4.69) is 36.6 Å². The summed E-state index contributed by atoms with van der Waals surface area (Å²) < 4.78 is 11.1. The van der Waals surface area contributed by atoms with Gasteiger partial charge in [-0.25, -0.2) is 0 Å². The summed E-state index contributed by atoms with van der Waals surface area (Å²) in [5, 5.41) is 7.00. The number of thiocarbonyl (C=S) groups is 1. The number of benzene rings is 2. The molecule has 0 heterocycles. The van der Waals surface area contributed by atoms with Crippen LogP contribution in [0.4, 0.5) is 5.69 Å². The van der Waals surface area contributed by atoms with Gasteiger partial charge in [0.1, 0.15) is 6.61 Å². The van der Waals surface area contributed by atoms with Crippen LogP contribution in [0.3, 0.4) is 0 Å². The van der Waals surface area contributed by atoms with Crippen molar-refractivity contribution in [3.63, 3.8) is 0 Å². The van der Waals surface area contributed by atoms with Gasteiger partial charge in [-0.1, -0.05) is 18.2 Å². The van der Waals surface area contributed by atoms with Gasteiger partial charge in [-0.3, -0.25) is 0 Å². The molecule has 0 spiro atoms. The summed E-state index contributed by atoms with van der Waals surface area (Å²) in [6.07, 6.45) is 0. The molecule has 0 aromatic heterocycles. The Morgan fingerprint density at radius 3 is 2.46 bits per heavy atom. The van der Waals surface area contributed by atoms with Crippen LogP contribution in [0, 0.1) is 13.8 Å². The second-order valence-electron chi connectivity index (χ2n) is 5.76. The third kappa shape index (κ3) is 5.13. The van der Waals surface area contributed by atoms with E-state index in [1.54, 1.807) is 7.11 Å². The van der Waals surface area contributed by atoms with E-state index in [-0.39, 0.29) is 6.04 Å². The summed E-state index contributed by atoms with van der Waals surface area (Å²) in [6, 6.07) is 13.8. The van der Waals surface area contributed by atoms with E-state index >= 15 is 0 Å². The molecule has 2 aromatic rings. The summed E-state index contributed by atoms with van der Waals surface area (Å²) in [7, 11) is 1.63. The summed E-state index contributed by atoms with van der Waals surface area (Å²) in [5.74, 6) is 1.45. The molecule has 0 aliphatic heterocycles. The SMILES string of the molecule is COc1ccccc1OCC(C)NC(=S)Nc1ccc(C)c(C)c1. The average molecular weight is 344 g/mol. The molecule has 0 saturated heterocycles. The smallest absolute Gasteiger partial charge is 0.171 e. The second-order valence-corrected chi connectivity index (χ2v) is 6.17. The van der Waals surface area contributed by atoms with Gasteiger partial charge in [0.15, 0.2) is 16.6 Å². The minimum Gasteiger partial charge on any atom is -0.493 e. The van der Waals surface area contributed by atoms with Crippen molar-refractivity contribution in [3.8, 4) is 11.5 Å². The zero-order valence-electron chi connectivity index (χ0n) is 14.6. The Morgan fingerprint density at radius 2 is 1.79 bits per heavy atom. The molecule has 1 atom stereocenters. The average Bonchev–Trinajstić information content (AvgIpc) is 2.56. The van der Waals surface area contributed by atoms with Gasteiger partial charge in [0.25, 0.3) is 0 Å². The second kappa shape index (κ2) is 8.55. The third-order valence-electron chi connectivity index (χ3n) is 3.70. The highest BCUT2D eigenvalue weighted by Crippen LogP contribution is 2.25. The predicted octanol–water partition coefficient (Wildman–Crippen LogP) is 4.07. The molecule has 0 aliphatic rings. The largest absolute Gasteiger partial charge is 0.493 e. The van der Waals surface area contributed by atoms with Crippen molar-refractivity contribution in [2.24, 2.45) is 0 Å². The van der Waals surface area contributed by atoms with Gasteiger partial charge in [-0.05, 0) is 68.4 Å². The number of nitrogens with one attached hydrogen (secondary N) is 2. The lowest BCUT2D eigenvalue weighted by Gasteiger charge is -2.18. The molecule has 24 heavy (non-hydrogen) atoms. The first-order valence-electron chi connectivity index (χ1n) is 7.90. The van der Waals surface area contributed by atoms with Gasteiger partial charge in [0.05, 0.1) is 13.2 Å². The lowest BCUT2D eigenvalue weighted by atomic mass is 10.1. The van der Waals surface area contributed by atoms with E-state index in [1.807, 2.05) is 37.3 Å². The van der Waals surface area contributed by atoms with E-state index in [4.69, 9.17) is 21.7 Å². The Balaban J connectivity index is 1.84. The van der Waals surface area contributed by atoms with Gasteiger partial charge < -0.3 is 20.1 Å². The van der Waals surface area contributed by atoms with Crippen LogP contribution < -0.4 is 20.1 Å². The number of para-hydroxylation sites is 2. The molecule has 0 aliphatic carbocycles. The monoisotopic (exact) mass is 344 g/mol. The Morgan fingerprint density at radius 1 is 1.08 bits per heavy atom. The molecule has 1 unspecified atom stereocenters. The van der Waals surface area contributed by atoms with E-state index < -0.39 is 0 Å². The van der Waals surface area contributed by atoms with Crippen LogP contribution in [0.15, 0.2) is 42.5 Å². The van der Waals surface area contributed by atoms with Crippen molar-refractivity contribution in [1.82, 2.24) is 5.32 Å². The molecule has 0 bridgehead atoms. The van der Waals surface area contributed by atoms with Crippen molar-refractivity contribution in [1.29, 1.82) is 0 Å². The molecule has 128 valence electrons. The fourth-order valence-electron chi connectivity index (χ4n) is 2.20. The molecule has 5 heteroatoms. The molecular formula is C19H24N2O2S. The fraction of sp³-hybridized carbons (Fsp3) is 0.316. The van der Waals surface area contributed by atoms with Crippen LogP contribution in [-0.4, -0.2) is 24.9 Å². The number of rotatable bonds is 6. The topological polar surface area (TPSA) is 42.5 Å². The first-order valence-corrected chi connectivity index (χ1v) is 8.31. The van der Waals surface area contributed by atoms with Crippen LogP contribution >= 0.6 is 12.2 Å². The Hall–Kier alpha value is -2.27. The van der Waals surface area contributed by atoms with Crippen LogP contribution in [0.5, 0.6) is 11.5 Å². The van der Waals surface area contributed by atoms with Crippen LogP contribution in [-0.2, 0) is 0 Å². The fourth-order valence-corrected chi connectivity index (χ4v) is 2.52. The highest BCUT2D eigenvalue weighted by Gasteiger charge is 2.08. The quantitative estimate of drug-likeness (QED) is 0.774. The molecule has 2 aromatic carbocycles. The molecule has 2 rings (SSSR count). The Kier molecular flexibility index (Phi) is 6.44. The first kappa shape index (κ1) is 18.1. The van der Waals surface area contributed by atoms with Crippen molar-refractivity contribution >= 4 is 23.0 Å². The van der Waals surface area contributed by atoms with Crippen LogP contribution in [0.2, 0.25) is 0 Å². The van der Waals surface area contributed by atoms with Crippen molar-refractivity contribution in [2.45, 2.75) is 26.8 Å². The zero-order valence-corrected chi connectivity index (χ0v) is 15.4. The lowest BCUT2D eigenvalue weighted by molar-refractivity contribution is 0.270. The molecule has 0 fully saturated rings. The van der Waals surface area contributed by atoms with Gasteiger partial charge in [-0.2, -0.15) is 0 Å². The van der Waals surface area contributed by atoms with Crippen LogP contribution in [0.25, 0.3) is 0 Å². The summed E-state index contributed by atoms with van der Waals surface area (Å²) in [6.45, 7) is 6.67. The number of hydrogen-bond acceptors (Lipinski definition) is 3. The van der Waals surface area contributed by atoms with Crippen molar-refractivity contribution < 1.29 is 9.47 Å². The maximum absolute atomic E-state index is 5.80. The number of methoxy groups -OCH3 is 1. The Bertz CT molecular complexity index is 704. The van der Waals surface area contributed by atoms with Gasteiger partial charge in [0, 0.05) is 5.69 Å². The lowest BCUT2D eigenvalue weighted by Crippen LogP contribution is -2.39. The van der Waals surface area contributed by atoms with Crippen LogP contribution in [0.1, 0.15) is 18.1 Å². The van der Waals surface area contributed by atoms with Crippen molar-refractivity contribution in [2.75, 3.05) is 19.0 Å². The molecular weight excluding hydrogens is 320 g/mol. The first-order chi connectivity index (χ1) is 11.5. The summed E-state index contributed by atoms with van der Waals surface area (Å²) >= 11 is 5.37. The standard InChI is InChI=1S/C19H24N2O2S/c1-13-9-10-16(11-14(13)2)21-19(24)20-15(3)12-23-18-8-6-5-7-17(18)22-4/h5-11,15H,12H2,1-4H3,(H2,20,21,24). The van der Waals surface area contributed by atoms with E-state index in [0.29, 0.717) is 11.7 Å². The molecule has 4 nitrogen and oxygen atoms in total. The molecule has 0 saturated carbocycles. The van der Waals surface area contributed by atoms with Gasteiger partial charge >= 0.3 is 0 Å². The highest BCUT2D eigenvalue weighted by molar-refractivity contribution is 7.80. The Labute approximate surface area is 149 Å². The number of aryl methyl sites for hydroxylation is 2. The van der Waals surface area contributed by atoms with E-state index in [0.717, 1.165) is 17.2 Å². The normalized spacial score (nSPS) is 11.5. The molecule has 0 radical (unpaired) electrons.